The van der Waals surface area contributed by atoms with Gasteiger partial charge >= 0.3 is 12.1 Å². The molecular weight excluding hydrogens is 377 g/mol. The molecule has 0 saturated carbocycles. The maximum atomic E-state index is 10.6. The summed E-state index contributed by atoms with van der Waals surface area (Å²) in [7, 11) is 0. The predicted octanol–water partition coefficient (Wildman–Crippen LogP) is 4.33. The summed E-state index contributed by atoms with van der Waals surface area (Å²) in [6.07, 6.45) is -0.827. The van der Waals surface area contributed by atoms with Crippen molar-refractivity contribution in [3.05, 3.63) is 22.4 Å². The molecule has 2 aliphatic heterocycles. The second kappa shape index (κ2) is 9.39. The van der Waals surface area contributed by atoms with Crippen molar-refractivity contribution in [3.8, 4) is 0 Å². The van der Waals surface area contributed by atoms with Gasteiger partial charge in [-0.2, -0.15) is 24.5 Å². The zero-order valence-corrected chi connectivity index (χ0v) is 16.8. The number of alkyl halides is 3. The van der Waals surface area contributed by atoms with Crippen LogP contribution in [-0.4, -0.2) is 59.8 Å². The Labute approximate surface area is 163 Å². The Morgan fingerprint density at radius 3 is 2.48 bits per heavy atom. The summed E-state index contributed by atoms with van der Waals surface area (Å²) in [6.45, 7) is 12.4. The van der Waals surface area contributed by atoms with Crippen LogP contribution in [0.1, 0.15) is 38.7 Å². The van der Waals surface area contributed by atoms with Gasteiger partial charge in [0.1, 0.15) is 0 Å². The van der Waals surface area contributed by atoms with Gasteiger partial charge in [0.05, 0.1) is 0 Å². The Morgan fingerprint density at radius 2 is 1.93 bits per heavy atom. The third-order valence-electron chi connectivity index (χ3n) is 5.11. The van der Waals surface area contributed by atoms with Gasteiger partial charge in [-0.05, 0) is 66.1 Å². The number of hydrogen-bond acceptors (Lipinski definition) is 4. The molecule has 0 amide bonds. The van der Waals surface area contributed by atoms with Gasteiger partial charge in [-0.3, -0.25) is 4.90 Å². The van der Waals surface area contributed by atoms with Crippen LogP contribution in [-0.2, 0) is 11.3 Å². The van der Waals surface area contributed by atoms with Crippen molar-refractivity contribution in [1.29, 1.82) is 0 Å². The van der Waals surface area contributed by atoms with Crippen LogP contribution in [0.3, 0.4) is 0 Å². The number of carbonyl (C=O) groups is 1. The van der Waals surface area contributed by atoms with Crippen LogP contribution in [0.15, 0.2) is 16.8 Å². The molecular formula is C19H29F3N2O2S. The molecule has 1 aromatic rings. The number of aliphatic carboxylic acids is 1. The fraction of sp³-hybridized carbons (Fsp3) is 0.737. The number of hydrogen-bond donors (Lipinski definition) is 1. The lowest BCUT2D eigenvalue weighted by molar-refractivity contribution is -0.192. The van der Waals surface area contributed by atoms with Gasteiger partial charge in [-0.15, -0.1) is 0 Å². The second-order valence-corrected chi connectivity index (χ2v) is 8.91. The van der Waals surface area contributed by atoms with Crippen LogP contribution in [0, 0.1) is 11.3 Å². The molecule has 1 aromatic heterocycles. The average Bonchev–Trinajstić information content (AvgIpc) is 3.17. The van der Waals surface area contributed by atoms with Gasteiger partial charge in [0.2, 0.25) is 0 Å². The maximum absolute atomic E-state index is 10.6. The van der Waals surface area contributed by atoms with E-state index in [-0.39, 0.29) is 0 Å². The van der Waals surface area contributed by atoms with E-state index in [1.54, 1.807) is 0 Å². The highest BCUT2D eigenvalue weighted by Gasteiger charge is 2.41. The first-order valence-corrected chi connectivity index (χ1v) is 10.3. The van der Waals surface area contributed by atoms with Crippen molar-refractivity contribution < 1.29 is 23.1 Å². The summed E-state index contributed by atoms with van der Waals surface area (Å²) in [5, 5.41) is 11.6. The van der Waals surface area contributed by atoms with E-state index >= 15 is 0 Å². The molecule has 2 fully saturated rings. The molecule has 3 heterocycles. The average molecular weight is 407 g/mol. The molecule has 1 unspecified atom stereocenters. The first-order valence-electron chi connectivity index (χ1n) is 9.35. The predicted molar refractivity (Wildman–Crippen MR) is 101 cm³/mol. The van der Waals surface area contributed by atoms with E-state index in [9.17, 15) is 13.2 Å². The SMILES string of the molecule is CC(C)CN1CCCC2(CCN(Cc3ccsc3)C2)C1.O=C(O)C(F)(F)F. The third-order valence-corrected chi connectivity index (χ3v) is 5.84. The van der Waals surface area contributed by atoms with Crippen molar-refractivity contribution in [2.75, 3.05) is 32.7 Å². The molecule has 2 saturated heterocycles. The topological polar surface area (TPSA) is 43.8 Å². The van der Waals surface area contributed by atoms with Gasteiger partial charge in [0.25, 0.3) is 0 Å². The van der Waals surface area contributed by atoms with E-state index in [1.807, 2.05) is 11.3 Å². The Balaban J connectivity index is 0.000000321. The third kappa shape index (κ3) is 7.08. The summed E-state index contributed by atoms with van der Waals surface area (Å²) in [5.74, 6) is -1.96. The normalized spacial score (nSPS) is 24.2. The zero-order chi connectivity index (χ0) is 20.1. The summed E-state index contributed by atoms with van der Waals surface area (Å²) in [4.78, 5) is 14.3. The number of piperidine rings is 1. The summed E-state index contributed by atoms with van der Waals surface area (Å²) >= 11 is 1.82. The maximum Gasteiger partial charge on any atom is 0.490 e. The highest BCUT2D eigenvalue weighted by Crippen LogP contribution is 2.39. The van der Waals surface area contributed by atoms with Crippen LogP contribution in [0.25, 0.3) is 0 Å². The van der Waals surface area contributed by atoms with Crippen LogP contribution < -0.4 is 0 Å². The Hall–Kier alpha value is -1.12. The molecule has 1 N–H and O–H groups in total. The van der Waals surface area contributed by atoms with E-state index < -0.39 is 12.1 Å². The smallest absolute Gasteiger partial charge is 0.475 e. The van der Waals surface area contributed by atoms with Gasteiger partial charge in [0.15, 0.2) is 0 Å². The number of likely N-dealkylation sites (tertiary alicyclic amines) is 2. The number of carboxylic acid groups (broad SMARTS) is 1. The van der Waals surface area contributed by atoms with Crippen LogP contribution >= 0.6 is 11.3 Å². The highest BCUT2D eigenvalue weighted by molar-refractivity contribution is 7.07. The van der Waals surface area contributed by atoms with Crippen molar-refractivity contribution in [2.45, 2.75) is 45.8 Å². The van der Waals surface area contributed by atoms with Crippen LogP contribution in [0.5, 0.6) is 0 Å². The summed E-state index contributed by atoms with van der Waals surface area (Å²) in [6, 6.07) is 2.28. The summed E-state index contributed by atoms with van der Waals surface area (Å²) < 4.78 is 31.7. The molecule has 0 aliphatic carbocycles. The van der Waals surface area contributed by atoms with E-state index in [0.717, 1.165) is 12.5 Å². The second-order valence-electron chi connectivity index (χ2n) is 8.13. The molecule has 0 bridgehead atoms. The number of nitrogens with zero attached hydrogens (tertiary/aromatic N) is 2. The molecule has 154 valence electrons. The minimum atomic E-state index is -5.08. The number of halogens is 3. The summed E-state index contributed by atoms with van der Waals surface area (Å²) in [5.41, 5.74) is 2.10. The minimum Gasteiger partial charge on any atom is -0.475 e. The van der Waals surface area contributed by atoms with Crippen LogP contribution in [0.2, 0.25) is 0 Å². The standard InChI is InChI=1S/C17H28N2S.C2HF3O2/c1-15(2)10-18-7-3-5-17(13-18)6-8-19(14-17)11-16-4-9-20-12-16;3-2(4,5)1(6)7/h4,9,12,15H,3,5-8,10-11,13-14H2,1-2H3;(H,6,7). The number of carboxylic acids is 1. The highest BCUT2D eigenvalue weighted by atomic mass is 32.1. The largest absolute Gasteiger partial charge is 0.490 e. The Morgan fingerprint density at radius 1 is 1.26 bits per heavy atom. The molecule has 1 spiro atoms. The van der Waals surface area contributed by atoms with E-state index in [2.05, 4.69) is 40.5 Å². The van der Waals surface area contributed by atoms with E-state index in [1.165, 1.54) is 57.5 Å². The molecule has 2 aliphatic rings. The van der Waals surface area contributed by atoms with Crippen molar-refractivity contribution >= 4 is 17.3 Å². The van der Waals surface area contributed by atoms with Crippen molar-refractivity contribution in [2.24, 2.45) is 11.3 Å². The molecule has 1 atom stereocenters. The monoisotopic (exact) mass is 406 g/mol. The molecule has 0 radical (unpaired) electrons. The lowest BCUT2D eigenvalue weighted by atomic mass is 9.79. The minimum absolute atomic E-state index is 0.600. The zero-order valence-electron chi connectivity index (χ0n) is 16.0. The first kappa shape index (κ1) is 22.2. The number of rotatable bonds is 4. The van der Waals surface area contributed by atoms with Gasteiger partial charge < -0.3 is 10.0 Å². The Bertz CT molecular complexity index is 592. The molecule has 4 nitrogen and oxygen atoms in total. The van der Waals surface area contributed by atoms with Gasteiger partial charge in [-0.1, -0.05) is 13.8 Å². The van der Waals surface area contributed by atoms with Crippen molar-refractivity contribution in [1.82, 2.24) is 9.80 Å². The molecule has 3 rings (SSSR count). The lowest BCUT2D eigenvalue weighted by Gasteiger charge is -2.41. The van der Waals surface area contributed by atoms with E-state index in [0.29, 0.717) is 5.41 Å². The molecule has 0 aromatic carbocycles. The lowest BCUT2D eigenvalue weighted by Crippen LogP contribution is -2.45. The molecule has 27 heavy (non-hydrogen) atoms. The Kier molecular flexibility index (Phi) is 7.71. The fourth-order valence-electron chi connectivity index (χ4n) is 4.12. The molecule has 8 heteroatoms. The fourth-order valence-corrected chi connectivity index (χ4v) is 4.78. The van der Waals surface area contributed by atoms with Crippen LogP contribution in [0.4, 0.5) is 13.2 Å². The van der Waals surface area contributed by atoms with E-state index in [4.69, 9.17) is 9.90 Å². The van der Waals surface area contributed by atoms with Gasteiger partial charge in [-0.25, -0.2) is 4.79 Å². The first-order chi connectivity index (χ1) is 12.6. The number of thiophene rings is 1. The quantitative estimate of drug-likeness (QED) is 0.809. The van der Waals surface area contributed by atoms with Crippen molar-refractivity contribution in [3.63, 3.8) is 0 Å². The van der Waals surface area contributed by atoms with Gasteiger partial charge in [0, 0.05) is 26.2 Å².